The summed E-state index contributed by atoms with van der Waals surface area (Å²) in [5.74, 6) is -5.61. The van der Waals surface area contributed by atoms with Gasteiger partial charge in [0.1, 0.15) is 115 Å². The van der Waals surface area contributed by atoms with Crippen LogP contribution in [0.15, 0.2) is 72.8 Å². The van der Waals surface area contributed by atoms with E-state index in [1.165, 1.54) is 37.7 Å². The Morgan fingerprint density at radius 2 is 1.32 bits per heavy atom. The lowest BCUT2D eigenvalue weighted by Gasteiger charge is -2.46. The maximum Gasteiger partial charge on any atom is 0.246 e. The Morgan fingerprint density at radius 1 is 0.697 bits per heavy atom. The van der Waals surface area contributed by atoms with E-state index in [9.17, 15) is 90.4 Å². The number of nitrogens with one attached hydrogen (secondary N) is 9. The van der Waals surface area contributed by atoms with Crippen molar-refractivity contribution in [2.45, 2.75) is 179 Å². The van der Waals surface area contributed by atoms with Crippen LogP contribution in [0.5, 0.6) is 17.2 Å². The zero-order chi connectivity index (χ0) is 72.1. The number of guanidine groups is 2. The zero-order valence-electron chi connectivity index (χ0n) is 53.9. The van der Waals surface area contributed by atoms with Crippen molar-refractivity contribution in [3.63, 3.8) is 0 Å². The first kappa shape index (κ1) is 77.1. The summed E-state index contributed by atoms with van der Waals surface area (Å²) in [6.07, 6.45) is -30.0. The molecule has 0 aliphatic carbocycles. The minimum atomic E-state index is -2.30. The number of amides is 4. The molecule has 5 aliphatic heterocycles. The number of nitrogens with two attached hydrogens (primary N) is 1. The van der Waals surface area contributed by atoms with Crippen molar-refractivity contribution in [1.82, 2.24) is 42.1 Å². The first-order chi connectivity index (χ1) is 47.3. The normalized spacial score (nSPS) is 30.9. The van der Waals surface area contributed by atoms with Crippen molar-refractivity contribution in [2.75, 3.05) is 53.2 Å². The van der Waals surface area contributed by atoms with Gasteiger partial charge in [0.15, 0.2) is 35.9 Å². The number of methoxy groups -OCH3 is 1. The first-order valence-corrected chi connectivity index (χ1v) is 31.8. The molecular formula is C62H88N11O26. The summed E-state index contributed by atoms with van der Waals surface area (Å²) in [6.45, 7) is -0.0628. The third kappa shape index (κ3) is 18.3. The number of carbonyl (C=O) groups is 4. The standard InChI is InChI=1S/C62H88N11O26/c1-4-94-36-17-28(12-15-35(36)92-3)24-93-25-39-46(81)48(83)51(86)60(98-39)99-53-38(23-77)97-59(52(87)49(53)84)95-31-13-10-27(11-14-31)16-32(69-55(89)40(63)26(2)29-8-6-5-7-9-29)54(88)71-41(43(78)33-18-66-61(64)70-33)57(91)72-42(56(90)68-30(20-74)21-75)44(79)34-19-67-62(65)73(34)58-50(85)47(82)45(80)37(22-76)96-58/h5-15,17,26,30,32-34,37-53,58-60,74,76-87H,4,16,18-20,22-25,63H2,1-3H3,(H2,65,67)(H,68,90)(H,69,89)(H,71,88)(H,72,91)(H3,64,66,70)/t26?,30-,32-,33?,34?,37?,38?,39?,40-,41-,42-,43?,44?,45?,46?,47?,48?,49?,50?,51?,52?,53?,58?,59?,60?/m0/s1. The average Bonchev–Trinajstić information content (AvgIpc) is 1.74. The molecule has 24 N–H and O–H groups in total. The van der Waals surface area contributed by atoms with Crippen LogP contribution in [0.1, 0.15) is 36.5 Å². The molecule has 37 heteroatoms. The van der Waals surface area contributed by atoms with Gasteiger partial charge in [0.05, 0.1) is 64.9 Å². The summed E-state index contributed by atoms with van der Waals surface area (Å²) in [7, 11) is 1.49. The molecule has 5 heterocycles. The van der Waals surface area contributed by atoms with Gasteiger partial charge in [-0.05, 0) is 47.9 Å². The van der Waals surface area contributed by atoms with Crippen molar-refractivity contribution >= 4 is 41.8 Å². The van der Waals surface area contributed by atoms with E-state index >= 15 is 0 Å². The fourth-order valence-corrected chi connectivity index (χ4v) is 11.9. The van der Waals surface area contributed by atoms with Gasteiger partial charge < -0.3 is 152 Å². The molecule has 0 saturated carbocycles. The van der Waals surface area contributed by atoms with Crippen molar-refractivity contribution in [3.8, 4) is 17.2 Å². The van der Waals surface area contributed by atoms with Gasteiger partial charge in [-0.1, -0.05) is 55.5 Å². The lowest BCUT2D eigenvalue weighted by atomic mass is 9.93. The number of benzene rings is 3. The fourth-order valence-electron chi connectivity index (χ4n) is 11.9. The predicted molar refractivity (Wildman–Crippen MR) is 337 cm³/mol. The molecule has 5 saturated heterocycles. The van der Waals surface area contributed by atoms with Crippen LogP contribution in [-0.2, 0) is 60.7 Å². The van der Waals surface area contributed by atoms with E-state index in [2.05, 4.69) is 37.2 Å². The third-order valence-corrected chi connectivity index (χ3v) is 17.6. The molecule has 3 aromatic rings. The van der Waals surface area contributed by atoms with E-state index < -0.39 is 215 Å². The summed E-state index contributed by atoms with van der Waals surface area (Å²) in [5, 5.41) is 176. The van der Waals surface area contributed by atoms with Crippen molar-refractivity contribution < 1.29 is 128 Å². The monoisotopic (exact) mass is 1400 g/mol. The van der Waals surface area contributed by atoms with Gasteiger partial charge in [0, 0.05) is 25.4 Å². The lowest BCUT2D eigenvalue weighted by Crippen LogP contribution is -2.69. The van der Waals surface area contributed by atoms with Crippen LogP contribution in [0.25, 0.3) is 0 Å². The Bertz CT molecular complexity index is 3190. The second-order valence-electron chi connectivity index (χ2n) is 24.3. The van der Waals surface area contributed by atoms with E-state index in [0.717, 1.165) is 4.90 Å². The van der Waals surface area contributed by atoms with Crippen LogP contribution >= 0.6 is 0 Å². The molecule has 0 spiro atoms. The third-order valence-electron chi connectivity index (χ3n) is 17.6. The predicted octanol–water partition coefficient (Wildman–Crippen LogP) is -9.74. The van der Waals surface area contributed by atoms with Crippen molar-refractivity contribution in [3.05, 3.63) is 89.5 Å². The fraction of sp³-hybridized carbons (Fsp3) is 0.597. The number of carbonyl (C=O) groups excluding carboxylic acids is 5. The maximum atomic E-state index is 15.0. The molecule has 99 heavy (non-hydrogen) atoms. The van der Waals surface area contributed by atoms with Crippen LogP contribution in [0.2, 0.25) is 0 Å². The molecule has 4 amide bonds. The highest BCUT2D eigenvalue weighted by Crippen LogP contribution is 2.34. The van der Waals surface area contributed by atoms with Gasteiger partial charge in [-0.3, -0.25) is 34.8 Å². The van der Waals surface area contributed by atoms with E-state index in [-0.39, 0.29) is 37.0 Å². The number of rotatable bonds is 32. The van der Waals surface area contributed by atoms with Gasteiger partial charge >= 0.3 is 0 Å². The Hall–Kier alpha value is -7.61. The van der Waals surface area contributed by atoms with E-state index in [0.29, 0.717) is 29.2 Å². The molecule has 8 rings (SSSR count). The number of aliphatic hydroxyl groups is 13. The second-order valence-corrected chi connectivity index (χ2v) is 24.3. The van der Waals surface area contributed by atoms with Gasteiger partial charge in [0.2, 0.25) is 36.2 Å². The zero-order valence-corrected chi connectivity index (χ0v) is 53.9. The summed E-state index contributed by atoms with van der Waals surface area (Å²) < 4.78 is 45.9. The number of hydrogen-bond acceptors (Lipinski definition) is 29. The van der Waals surface area contributed by atoms with Crippen molar-refractivity contribution in [2.24, 2.45) is 5.73 Å². The molecule has 5 fully saturated rings. The van der Waals surface area contributed by atoms with E-state index in [1.54, 1.807) is 62.4 Å². The molecule has 25 atom stereocenters. The van der Waals surface area contributed by atoms with E-state index in [1.807, 2.05) is 0 Å². The SMILES string of the molecule is CCOc1cc(COCC2OC(OC3C(CO)OC(Oc4ccc(C[C@H](NC(=O)[C@@H](N)C(C)c5ccccc5)C(=O)N[C@H](C(=O)N[C@H](C(=O)N[C@H]([C]=O)CO)C(O)C5CNC(=N)N5C5OC(CO)C(O)C(O)C5O)C(O)C5CNC(=N)N5)cc4)C(O)C3O)C(O)C(O)C2O)ccc1OC. The van der Waals surface area contributed by atoms with Gasteiger partial charge in [-0.2, -0.15) is 0 Å². The maximum absolute atomic E-state index is 15.0. The molecule has 37 nitrogen and oxygen atoms in total. The average molecular weight is 1400 g/mol. The molecule has 0 aromatic heterocycles. The molecule has 547 valence electrons. The number of aliphatic hydroxyl groups excluding tert-OH is 13. The topological polar surface area (TPSA) is 583 Å². The quantitative estimate of drug-likeness (QED) is 0.0276. The molecule has 3 aromatic carbocycles. The summed E-state index contributed by atoms with van der Waals surface area (Å²) >= 11 is 0. The Labute approximate surface area is 566 Å². The highest BCUT2D eigenvalue weighted by molar-refractivity contribution is 5.96. The molecule has 5 aliphatic rings. The lowest BCUT2D eigenvalue weighted by molar-refractivity contribution is -0.353. The second kappa shape index (κ2) is 35.1. The van der Waals surface area contributed by atoms with Crippen LogP contribution in [0.3, 0.4) is 0 Å². The van der Waals surface area contributed by atoms with Gasteiger partial charge in [-0.15, -0.1) is 0 Å². The molecule has 20 unspecified atom stereocenters. The minimum absolute atomic E-state index is 0.0154. The summed E-state index contributed by atoms with van der Waals surface area (Å²) in [5.41, 5.74) is 8.06. The van der Waals surface area contributed by atoms with Crippen molar-refractivity contribution in [1.29, 1.82) is 10.8 Å². The van der Waals surface area contributed by atoms with Crippen LogP contribution < -0.4 is 57.2 Å². The first-order valence-electron chi connectivity index (χ1n) is 31.8. The van der Waals surface area contributed by atoms with E-state index in [4.69, 9.17) is 54.4 Å². The minimum Gasteiger partial charge on any atom is -0.493 e. The smallest absolute Gasteiger partial charge is 0.246 e. The number of nitrogens with zero attached hydrogens (tertiary/aromatic N) is 1. The largest absolute Gasteiger partial charge is 0.493 e. The van der Waals surface area contributed by atoms with Crippen LogP contribution in [0, 0.1) is 10.8 Å². The molecular weight excluding hydrogens is 1310 g/mol. The Balaban J connectivity index is 1.00. The molecule has 0 bridgehead atoms. The Kier molecular flexibility index (Phi) is 27.4. The number of ether oxygens (including phenoxy) is 8. The van der Waals surface area contributed by atoms with Gasteiger partial charge in [-0.25, -0.2) is 0 Å². The highest BCUT2D eigenvalue weighted by Gasteiger charge is 2.54. The molecule has 1 radical (unpaired) electrons. The van der Waals surface area contributed by atoms with Gasteiger partial charge in [0.25, 0.3) is 0 Å². The summed E-state index contributed by atoms with van der Waals surface area (Å²) in [6, 6.07) is 6.94. The highest BCUT2D eigenvalue weighted by atomic mass is 16.7. The number of hydrogen-bond donors (Lipinski definition) is 23. The van der Waals surface area contributed by atoms with Crippen LogP contribution in [-0.4, -0.2) is 313 Å². The summed E-state index contributed by atoms with van der Waals surface area (Å²) in [4.78, 5) is 70.9. The van der Waals surface area contributed by atoms with Crippen LogP contribution in [0.4, 0.5) is 0 Å². The Morgan fingerprint density at radius 3 is 1.96 bits per heavy atom.